The molecule has 1 saturated heterocycles. The summed E-state index contributed by atoms with van der Waals surface area (Å²) in [4.78, 5) is 1.13. The fraction of sp³-hybridized carbons (Fsp3) is 0.333. The summed E-state index contributed by atoms with van der Waals surface area (Å²) in [5.41, 5.74) is 0.315. The van der Waals surface area contributed by atoms with Crippen molar-refractivity contribution in [3.63, 3.8) is 0 Å². The van der Waals surface area contributed by atoms with Crippen LogP contribution in [-0.2, 0) is 14.8 Å². The lowest BCUT2D eigenvalue weighted by Gasteiger charge is -2.30. The molecule has 0 amide bonds. The van der Waals surface area contributed by atoms with Crippen LogP contribution in [0.4, 0.5) is 18.9 Å². The van der Waals surface area contributed by atoms with Gasteiger partial charge in [-0.2, -0.15) is 0 Å². The van der Waals surface area contributed by atoms with Crippen LogP contribution < -0.4 is 4.31 Å². The molecule has 0 unspecified atom stereocenters. The first-order valence-electron chi connectivity index (χ1n) is 8.42. The SMILES string of the molecule is O=S(=O)(c1cc(F)c(F)cc1F)N(CCN1CCOCC1)c1ccccc1. The predicted octanol–water partition coefficient (Wildman–Crippen LogP) is 2.63. The summed E-state index contributed by atoms with van der Waals surface area (Å²) in [5, 5.41) is 0. The molecule has 27 heavy (non-hydrogen) atoms. The highest BCUT2D eigenvalue weighted by Crippen LogP contribution is 2.26. The number of halogens is 3. The Morgan fingerprint density at radius 2 is 1.59 bits per heavy atom. The zero-order valence-corrected chi connectivity index (χ0v) is 15.3. The molecule has 9 heteroatoms. The number of hydrogen-bond donors (Lipinski definition) is 0. The van der Waals surface area contributed by atoms with Crippen molar-refractivity contribution >= 4 is 15.7 Å². The first kappa shape index (κ1) is 19.7. The van der Waals surface area contributed by atoms with E-state index >= 15 is 0 Å². The van der Waals surface area contributed by atoms with Gasteiger partial charge in [0.05, 0.1) is 18.9 Å². The third kappa shape index (κ3) is 4.42. The average molecular weight is 400 g/mol. The second-order valence-corrected chi connectivity index (χ2v) is 7.89. The van der Waals surface area contributed by atoms with E-state index in [1.54, 1.807) is 30.3 Å². The highest BCUT2D eigenvalue weighted by Gasteiger charge is 2.30. The molecule has 1 heterocycles. The van der Waals surface area contributed by atoms with Gasteiger partial charge in [0.25, 0.3) is 10.0 Å². The second-order valence-electron chi connectivity index (χ2n) is 6.06. The van der Waals surface area contributed by atoms with Crippen molar-refractivity contribution in [3.8, 4) is 0 Å². The molecule has 2 aromatic rings. The third-order valence-electron chi connectivity index (χ3n) is 4.31. The number of anilines is 1. The number of rotatable bonds is 6. The molecule has 0 bridgehead atoms. The number of ether oxygens (including phenoxy) is 1. The number of benzene rings is 2. The Balaban J connectivity index is 1.95. The van der Waals surface area contributed by atoms with Crippen LogP contribution >= 0.6 is 0 Å². The van der Waals surface area contributed by atoms with E-state index in [2.05, 4.69) is 0 Å². The third-order valence-corrected chi connectivity index (χ3v) is 6.15. The number of sulfonamides is 1. The molecule has 0 aromatic heterocycles. The van der Waals surface area contributed by atoms with Crippen LogP contribution in [-0.4, -0.2) is 52.7 Å². The van der Waals surface area contributed by atoms with Crippen molar-refractivity contribution in [1.82, 2.24) is 4.90 Å². The van der Waals surface area contributed by atoms with Crippen molar-refractivity contribution in [2.75, 3.05) is 43.7 Å². The van der Waals surface area contributed by atoms with E-state index < -0.39 is 32.4 Å². The minimum atomic E-state index is -4.43. The molecule has 0 aliphatic carbocycles. The molecule has 0 spiro atoms. The van der Waals surface area contributed by atoms with Gasteiger partial charge < -0.3 is 4.74 Å². The average Bonchev–Trinajstić information content (AvgIpc) is 2.66. The number of morpholine rings is 1. The van der Waals surface area contributed by atoms with Gasteiger partial charge in [0, 0.05) is 38.3 Å². The van der Waals surface area contributed by atoms with Gasteiger partial charge in [-0.15, -0.1) is 0 Å². The van der Waals surface area contributed by atoms with Crippen molar-refractivity contribution in [2.24, 2.45) is 0 Å². The van der Waals surface area contributed by atoms with Crippen molar-refractivity contribution in [2.45, 2.75) is 4.90 Å². The molecule has 0 radical (unpaired) electrons. The van der Waals surface area contributed by atoms with E-state index in [1.165, 1.54) is 0 Å². The van der Waals surface area contributed by atoms with Gasteiger partial charge in [0.2, 0.25) is 0 Å². The molecule has 1 aliphatic rings. The summed E-state index contributed by atoms with van der Waals surface area (Å²) >= 11 is 0. The van der Waals surface area contributed by atoms with Gasteiger partial charge in [-0.3, -0.25) is 9.21 Å². The van der Waals surface area contributed by atoms with Crippen LogP contribution in [0.2, 0.25) is 0 Å². The van der Waals surface area contributed by atoms with E-state index in [0.717, 1.165) is 4.31 Å². The van der Waals surface area contributed by atoms with Gasteiger partial charge in [-0.05, 0) is 12.1 Å². The molecular weight excluding hydrogens is 381 g/mol. The molecule has 146 valence electrons. The summed E-state index contributed by atoms with van der Waals surface area (Å²) in [6, 6.07) is 8.76. The van der Waals surface area contributed by atoms with Gasteiger partial charge in [-0.1, -0.05) is 18.2 Å². The number of para-hydroxylation sites is 1. The number of nitrogens with zero attached hydrogens (tertiary/aromatic N) is 2. The van der Waals surface area contributed by atoms with Gasteiger partial charge in [0.15, 0.2) is 11.6 Å². The largest absolute Gasteiger partial charge is 0.379 e. The molecule has 3 rings (SSSR count). The minimum Gasteiger partial charge on any atom is -0.379 e. The fourth-order valence-electron chi connectivity index (χ4n) is 2.86. The van der Waals surface area contributed by atoms with Crippen LogP contribution in [0.15, 0.2) is 47.4 Å². The fourth-order valence-corrected chi connectivity index (χ4v) is 4.38. The van der Waals surface area contributed by atoms with Crippen molar-refractivity contribution in [3.05, 3.63) is 59.9 Å². The molecule has 0 atom stereocenters. The zero-order chi connectivity index (χ0) is 19.4. The Labute approximate surface area is 156 Å². The molecule has 0 N–H and O–H groups in total. The lowest BCUT2D eigenvalue weighted by molar-refractivity contribution is 0.0395. The maximum Gasteiger partial charge on any atom is 0.267 e. The smallest absolute Gasteiger partial charge is 0.267 e. The van der Waals surface area contributed by atoms with Crippen LogP contribution in [0.25, 0.3) is 0 Å². The Kier molecular flexibility index (Phi) is 6.03. The lowest BCUT2D eigenvalue weighted by Crippen LogP contribution is -2.43. The maximum absolute atomic E-state index is 14.2. The first-order chi connectivity index (χ1) is 12.9. The number of hydrogen-bond acceptors (Lipinski definition) is 4. The van der Waals surface area contributed by atoms with Crippen LogP contribution in [0.1, 0.15) is 0 Å². The van der Waals surface area contributed by atoms with Crippen LogP contribution in [0, 0.1) is 17.5 Å². The Hall–Kier alpha value is -2.10. The summed E-state index contributed by atoms with van der Waals surface area (Å²) in [5.74, 6) is -4.19. The first-order valence-corrected chi connectivity index (χ1v) is 9.86. The van der Waals surface area contributed by atoms with E-state index in [-0.39, 0.29) is 12.6 Å². The minimum absolute atomic E-state index is 0.0325. The highest BCUT2D eigenvalue weighted by atomic mass is 32.2. The zero-order valence-electron chi connectivity index (χ0n) is 14.4. The summed E-state index contributed by atoms with van der Waals surface area (Å²) < 4.78 is 73.3. The Morgan fingerprint density at radius 1 is 0.963 bits per heavy atom. The molecule has 1 fully saturated rings. The Bertz CT molecular complexity index is 888. The molecule has 2 aromatic carbocycles. The second kappa shape index (κ2) is 8.28. The monoisotopic (exact) mass is 400 g/mol. The molecule has 5 nitrogen and oxygen atoms in total. The van der Waals surface area contributed by atoms with E-state index in [4.69, 9.17) is 4.74 Å². The molecular formula is C18H19F3N2O3S. The normalized spacial score (nSPS) is 15.7. The van der Waals surface area contributed by atoms with Gasteiger partial charge in [0.1, 0.15) is 10.7 Å². The highest BCUT2D eigenvalue weighted by molar-refractivity contribution is 7.92. The van der Waals surface area contributed by atoms with Gasteiger partial charge >= 0.3 is 0 Å². The molecule has 1 aliphatic heterocycles. The van der Waals surface area contributed by atoms with E-state index in [9.17, 15) is 21.6 Å². The quantitative estimate of drug-likeness (QED) is 0.700. The van der Waals surface area contributed by atoms with Gasteiger partial charge in [-0.25, -0.2) is 21.6 Å². The topological polar surface area (TPSA) is 49.9 Å². The Morgan fingerprint density at radius 3 is 2.26 bits per heavy atom. The predicted molar refractivity (Wildman–Crippen MR) is 94.5 cm³/mol. The van der Waals surface area contributed by atoms with Crippen molar-refractivity contribution in [1.29, 1.82) is 0 Å². The molecule has 0 saturated carbocycles. The van der Waals surface area contributed by atoms with E-state index in [0.29, 0.717) is 44.6 Å². The summed E-state index contributed by atoms with van der Waals surface area (Å²) in [6.45, 7) is 2.84. The summed E-state index contributed by atoms with van der Waals surface area (Å²) in [6.07, 6.45) is 0. The lowest BCUT2D eigenvalue weighted by atomic mass is 10.3. The standard InChI is InChI=1S/C18H19F3N2O3S/c19-15-12-17(21)18(13-16(15)20)27(24,25)23(14-4-2-1-3-5-14)7-6-22-8-10-26-11-9-22/h1-5,12-13H,6-11H2. The van der Waals surface area contributed by atoms with Crippen LogP contribution in [0.5, 0.6) is 0 Å². The summed E-state index contributed by atoms with van der Waals surface area (Å²) in [7, 11) is -4.43. The van der Waals surface area contributed by atoms with Crippen LogP contribution in [0.3, 0.4) is 0 Å². The maximum atomic E-state index is 14.2. The van der Waals surface area contributed by atoms with Crippen molar-refractivity contribution < 1.29 is 26.3 Å². The van der Waals surface area contributed by atoms with E-state index in [1.807, 2.05) is 4.90 Å².